The summed E-state index contributed by atoms with van der Waals surface area (Å²) in [6, 6.07) is 0. The number of unbranched alkanes of at least 4 members (excludes halogenated alkanes) is 4. The molecule has 0 spiro atoms. The fourth-order valence-corrected chi connectivity index (χ4v) is 7.01. The van der Waals surface area contributed by atoms with Crippen LogP contribution in [0.2, 0.25) is 0 Å². The maximum Gasteiger partial charge on any atom is 0.361 e. The van der Waals surface area contributed by atoms with E-state index < -0.39 is 30.3 Å². The minimum absolute atomic E-state index is 0.0514. The Kier molecular flexibility index (Phi) is 55.4. The lowest BCUT2D eigenvalue weighted by Crippen LogP contribution is -2.40. The lowest BCUT2D eigenvalue weighted by atomic mass is 10.1. The monoisotopic (exact) mass is 1110 g/mol. The van der Waals surface area contributed by atoms with Crippen LogP contribution in [0.4, 0.5) is 0 Å². The van der Waals surface area contributed by atoms with Gasteiger partial charge in [-0.05, 0) is 128 Å². The largest absolute Gasteiger partial charge is 0.477 e. The first kappa shape index (κ1) is 74.9. The fraction of sp³-hybridized carbons (Fsp3) is 0.486. The second kappa shape index (κ2) is 60.0. The van der Waals surface area contributed by atoms with Gasteiger partial charge in [0.05, 0.1) is 40.8 Å². The Morgan fingerprint density at radius 1 is 0.383 bits per heavy atom. The summed E-state index contributed by atoms with van der Waals surface area (Å²) in [5.41, 5.74) is 0. The van der Waals surface area contributed by atoms with Crippen LogP contribution < -0.4 is 0 Å². The topological polar surface area (TPSA) is 108 Å². The molecule has 0 bridgehead atoms. The molecule has 0 aliphatic carbocycles. The molecule has 0 aromatic carbocycles. The summed E-state index contributed by atoms with van der Waals surface area (Å²) in [4.78, 5) is 37.3. The molecule has 0 heterocycles. The van der Waals surface area contributed by atoms with Crippen molar-refractivity contribution in [1.29, 1.82) is 0 Å². The van der Waals surface area contributed by atoms with Crippen LogP contribution in [0.15, 0.2) is 207 Å². The number of aliphatic carboxylic acids is 1. The Bertz CT molecular complexity index is 2070. The van der Waals surface area contributed by atoms with Gasteiger partial charge in [-0.3, -0.25) is 9.59 Å². The van der Waals surface area contributed by atoms with Gasteiger partial charge in [-0.2, -0.15) is 0 Å². The highest BCUT2D eigenvalue weighted by molar-refractivity contribution is 5.72. The van der Waals surface area contributed by atoms with E-state index in [0.717, 1.165) is 128 Å². The van der Waals surface area contributed by atoms with E-state index in [9.17, 15) is 19.5 Å². The number of rotatable bonds is 52. The maximum absolute atomic E-state index is 12.9. The molecule has 448 valence electrons. The van der Waals surface area contributed by atoms with Crippen LogP contribution in [-0.4, -0.2) is 87.4 Å². The van der Waals surface area contributed by atoms with Crippen LogP contribution in [0.1, 0.15) is 168 Å². The standard InChI is InChI=1S/C72H107NO8/c1-6-8-10-12-14-16-18-20-22-23-24-25-26-27-28-29-30-31-32-33-34-35-36-37-38-39-40-41-42-43-44-45-46-47-49-51-53-55-57-59-61-63-70(75)81-68(67-80-72(71(76)77)78-65-64-73(3,4)5)66-79-69(74)62-60-58-56-54-52-50-48-21-19-17-15-13-11-9-7-2/h8-11,14-17,20-22,24-25,27-28,30-31,33-34,36-37,39-40,42-43,45-46,48-49,51-52,54,58,60,68,72H,6-7,12-13,18-19,23,26,29,32,35,38,41,44,47,50,53,55-57,59,61-67H2,1-5H3/p+1/b10-8-,11-9-,16-14-,17-15-,22-20-,25-24-,28-27-,31-30-,34-33-,37-36-,40-39-,43-42-,46-45-,48-21-,51-49-,54-52-,60-58-. The molecule has 2 unspecified atom stereocenters. The van der Waals surface area contributed by atoms with Crippen molar-refractivity contribution in [2.75, 3.05) is 47.5 Å². The molecule has 0 aliphatic heterocycles. The smallest absolute Gasteiger partial charge is 0.361 e. The van der Waals surface area contributed by atoms with E-state index in [-0.39, 0.29) is 32.7 Å². The summed E-state index contributed by atoms with van der Waals surface area (Å²) < 4.78 is 22.6. The zero-order valence-corrected chi connectivity index (χ0v) is 50.8. The fourth-order valence-electron chi connectivity index (χ4n) is 7.01. The number of hydrogen-bond acceptors (Lipinski definition) is 7. The van der Waals surface area contributed by atoms with E-state index in [1.54, 1.807) is 6.08 Å². The van der Waals surface area contributed by atoms with Gasteiger partial charge >= 0.3 is 17.9 Å². The lowest BCUT2D eigenvalue weighted by Gasteiger charge is -2.25. The van der Waals surface area contributed by atoms with Gasteiger partial charge in [-0.1, -0.05) is 233 Å². The molecule has 0 saturated carbocycles. The quantitative estimate of drug-likeness (QED) is 0.0211. The first-order valence-electron chi connectivity index (χ1n) is 30.2. The van der Waals surface area contributed by atoms with E-state index in [2.05, 4.69) is 202 Å². The number of carbonyl (C=O) groups excluding carboxylic acids is 2. The number of nitrogens with zero attached hydrogens (tertiary/aromatic N) is 1. The number of hydrogen-bond donors (Lipinski definition) is 1. The Balaban J connectivity index is 4.32. The van der Waals surface area contributed by atoms with Crippen LogP contribution in [0.5, 0.6) is 0 Å². The van der Waals surface area contributed by atoms with Crippen molar-refractivity contribution in [1.82, 2.24) is 0 Å². The number of carboxylic acid groups (broad SMARTS) is 1. The molecular formula is C72H108NO8+. The van der Waals surface area contributed by atoms with Gasteiger partial charge in [0.15, 0.2) is 6.10 Å². The van der Waals surface area contributed by atoms with Gasteiger partial charge in [-0.15, -0.1) is 0 Å². The van der Waals surface area contributed by atoms with Gasteiger partial charge in [0.25, 0.3) is 6.29 Å². The second-order valence-corrected chi connectivity index (χ2v) is 20.2. The number of likely N-dealkylation sites (N-methyl/N-ethyl adjacent to an activating group) is 1. The van der Waals surface area contributed by atoms with Gasteiger partial charge in [0.1, 0.15) is 13.2 Å². The Labute approximate surface area is 493 Å². The van der Waals surface area contributed by atoms with Crippen LogP contribution in [0.3, 0.4) is 0 Å². The normalized spacial score (nSPS) is 14.2. The molecule has 0 fully saturated rings. The number of quaternary nitrogens is 1. The van der Waals surface area contributed by atoms with E-state index in [0.29, 0.717) is 23.9 Å². The lowest BCUT2D eigenvalue weighted by molar-refractivity contribution is -0.870. The minimum Gasteiger partial charge on any atom is -0.477 e. The Hall–Kier alpha value is -6.13. The molecule has 0 aromatic heterocycles. The van der Waals surface area contributed by atoms with Crippen LogP contribution in [0, 0.1) is 0 Å². The van der Waals surface area contributed by atoms with Crippen LogP contribution in [-0.2, 0) is 33.3 Å². The summed E-state index contributed by atoms with van der Waals surface area (Å²) >= 11 is 0. The van der Waals surface area contributed by atoms with E-state index in [4.69, 9.17) is 18.9 Å². The van der Waals surface area contributed by atoms with E-state index in [1.807, 2.05) is 33.3 Å². The average molecular weight is 1120 g/mol. The van der Waals surface area contributed by atoms with Crippen molar-refractivity contribution in [3.8, 4) is 0 Å². The van der Waals surface area contributed by atoms with E-state index >= 15 is 0 Å². The molecule has 2 atom stereocenters. The summed E-state index contributed by atoms with van der Waals surface area (Å²) in [6.07, 6.45) is 92.4. The van der Waals surface area contributed by atoms with Crippen molar-refractivity contribution >= 4 is 17.9 Å². The Morgan fingerprint density at radius 2 is 0.704 bits per heavy atom. The third kappa shape index (κ3) is 61.3. The predicted molar refractivity (Wildman–Crippen MR) is 345 cm³/mol. The molecule has 81 heavy (non-hydrogen) atoms. The predicted octanol–water partition coefficient (Wildman–Crippen LogP) is 18.4. The average Bonchev–Trinajstić information content (AvgIpc) is 3.44. The van der Waals surface area contributed by atoms with Crippen LogP contribution >= 0.6 is 0 Å². The zero-order valence-electron chi connectivity index (χ0n) is 50.8. The summed E-state index contributed by atoms with van der Waals surface area (Å²) in [7, 11) is 5.91. The molecule has 9 nitrogen and oxygen atoms in total. The first-order valence-corrected chi connectivity index (χ1v) is 30.2. The van der Waals surface area contributed by atoms with Crippen molar-refractivity contribution in [2.45, 2.75) is 180 Å². The number of carbonyl (C=O) groups is 3. The molecular weight excluding hydrogens is 1010 g/mol. The minimum atomic E-state index is -1.55. The maximum atomic E-state index is 12.9. The highest BCUT2D eigenvalue weighted by Crippen LogP contribution is 2.11. The third-order valence-corrected chi connectivity index (χ3v) is 11.6. The van der Waals surface area contributed by atoms with Gasteiger partial charge in [0, 0.05) is 6.42 Å². The van der Waals surface area contributed by atoms with Gasteiger partial charge in [-0.25, -0.2) is 4.79 Å². The van der Waals surface area contributed by atoms with Gasteiger partial charge in [0.2, 0.25) is 0 Å². The SMILES string of the molecule is CC/C=C\C/C=C\C/C=C\C/C=C\C/C=C\C/C=C\C/C=C\C/C=C\C/C=C\C/C=C\C/C=C\C/C=C\CCCCCCC(=O)OC(COC(=O)C/C=C\C/C=C\C/C=C\C/C=C\C/C=C\CC)COC(OCC[N+](C)(C)C)C(=O)O. The van der Waals surface area contributed by atoms with Crippen molar-refractivity contribution in [2.24, 2.45) is 0 Å². The first-order chi connectivity index (χ1) is 39.6. The van der Waals surface area contributed by atoms with E-state index in [1.165, 1.54) is 0 Å². The van der Waals surface area contributed by atoms with Crippen molar-refractivity contribution in [3.05, 3.63) is 207 Å². The molecule has 0 aliphatic rings. The number of ether oxygens (including phenoxy) is 4. The van der Waals surface area contributed by atoms with Crippen molar-refractivity contribution in [3.63, 3.8) is 0 Å². The zero-order chi connectivity index (χ0) is 59.1. The molecule has 0 saturated heterocycles. The molecule has 0 aromatic rings. The number of esters is 2. The van der Waals surface area contributed by atoms with Crippen LogP contribution in [0.25, 0.3) is 0 Å². The summed E-state index contributed by atoms with van der Waals surface area (Å²) in [5, 5.41) is 9.69. The summed E-state index contributed by atoms with van der Waals surface area (Å²) in [6.45, 7) is 4.45. The molecule has 0 radical (unpaired) electrons. The third-order valence-electron chi connectivity index (χ3n) is 11.6. The van der Waals surface area contributed by atoms with Crippen molar-refractivity contribution < 1.29 is 42.9 Å². The number of allylic oxidation sites excluding steroid dienone is 33. The highest BCUT2D eigenvalue weighted by Gasteiger charge is 2.25. The Morgan fingerprint density at radius 3 is 1.04 bits per heavy atom. The summed E-state index contributed by atoms with van der Waals surface area (Å²) in [5.74, 6) is -2.24. The molecule has 0 amide bonds. The number of carboxylic acids is 1. The molecule has 0 rings (SSSR count). The van der Waals surface area contributed by atoms with Gasteiger partial charge < -0.3 is 28.5 Å². The molecule has 1 N–H and O–H groups in total. The highest BCUT2D eigenvalue weighted by atomic mass is 16.7. The molecule has 9 heteroatoms. The second-order valence-electron chi connectivity index (χ2n) is 20.2.